The van der Waals surface area contributed by atoms with Crippen LogP contribution < -0.4 is 10.6 Å². The van der Waals surface area contributed by atoms with E-state index < -0.39 is 17.3 Å². The first-order valence-corrected chi connectivity index (χ1v) is 10.8. The van der Waals surface area contributed by atoms with Crippen molar-refractivity contribution in [2.75, 3.05) is 25.0 Å². The van der Waals surface area contributed by atoms with Crippen molar-refractivity contribution in [2.45, 2.75) is 5.54 Å². The molecule has 5 rings (SSSR count). The minimum Gasteiger partial charge on any atom is -0.369 e. The number of fused-ring (bicyclic) bond motifs is 1. The largest absolute Gasteiger partial charge is 0.369 e. The minimum atomic E-state index is -0.868. The van der Waals surface area contributed by atoms with Crippen LogP contribution in [0.4, 0.5) is 10.3 Å². The smallest absolute Gasteiger partial charge is 0.236 e. The number of anilines is 1. The Morgan fingerprint density at radius 2 is 2.03 bits per heavy atom. The van der Waals surface area contributed by atoms with E-state index >= 15 is 0 Å². The maximum Gasteiger partial charge on any atom is 0.236 e. The molecule has 31 heavy (non-hydrogen) atoms. The van der Waals surface area contributed by atoms with Crippen molar-refractivity contribution in [3.05, 3.63) is 63.8 Å². The molecule has 2 N–H and O–H groups in total. The number of hydrogen-bond donors (Lipinski definition) is 1. The lowest BCUT2D eigenvalue weighted by Gasteiger charge is -2.36. The van der Waals surface area contributed by atoms with Crippen LogP contribution in [0, 0.1) is 11.7 Å². The molecule has 1 amide bonds. The molecule has 2 atom stereocenters. The molecule has 0 unspecified atom stereocenters. The zero-order valence-electron chi connectivity index (χ0n) is 16.5. The number of thiophene rings is 1. The molecule has 3 aromatic rings. The van der Waals surface area contributed by atoms with E-state index in [4.69, 9.17) is 22.3 Å². The minimum absolute atomic E-state index is 0.116. The third-order valence-electron chi connectivity index (χ3n) is 5.77. The molecule has 2 aromatic heterocycles. The van der Waals surface area contributed by atoms with Crippen LogP contribution in [0.15, 0.2) is 53.1 Å². The van der Waals surface area contributed by atoms with Crippen LogP contribution in [0.2, 0.25) is 5.02 Å². The van der Waals surface area contributed by atoms with E-state index in [1.54, 1.807) is 7.05 Å². The quantitative estimate of drug-likeness (QED) is 0.654. The Balaban J connectivity index is 1.59. The molecule has 1 aromatic carbocycles. The summed E-state index contributed by atoms with van der Waals surface area (Å²) in [6.07, 6.45) is 2.23. The zero-order chi connectivity index (χ0) is 21.8. The second-order valence-corrected chi connectivity index (χ2v) is 8.98. The molecule has 158 valence electrons. The van der Waals surface area contributed by atoms with Crippen LogP contribution in [-0.4, -0.2) is 46.9 Å². The van der Waals surface area contributed by atoms with Gasteiger partial charge in [0.2, 0.25) is 11.9 Å². The molecule has 2 aliphatic heterocycles. The number of nitrogens with two attached hydrogens (primary N) is 1. The van der Waals surface area contributed by atoms with Crippen molar-refractivity contribution in [3.63, 3.8) is 0 Å². The van der Waals surface area contributed by atoms with Gasteiger partial charge < -0.3 is 10.6 Å². The average Bonchev–Trinajstić information content (AvgIpc) is 3.39. The van der Waals surface area contributed by atoms with Gasteiger partial charge in [0.15, 0.2) is 11.8 Å². The Bertz CT molecular complexity index is 1200. The molecule has 0 saturated carbocycles. The summed E-state index contributed by atoms with van der Waals surface area (Å²) in [5, 5.41) is 2.68. The maximum absolute atomic E-state index is 13.3. The molecule has 4 heterocycles. The molecule has 1 saturated heterocycles. The molecule has 0 radical (unpaired) electrons. The summed E-state index contributed by atoms with van der Waals surface area (Å²) >= 11 is 7.68. The van der Waals surface area contributed by atoms with E-state index in [9.17, 15) is 9.18 Å². The lowest BCUT2D eigenvalue weighted by atomic mass is 9.83. The van der Waals surface area contributed by atoms with E-state index in [2.05, 4.69) is 9.97 Å². The topological polar surface area (TPSA) is 87.7 Å². The highest BCUT2D eigenvalue weighted by molar-refractivity contribution is 7.10. The highest BCUT2D eigenvalue weighted by Gasteiger charge is 2.56. The van der Waals surface area contributed by atoms with Crippen molar-refractivity contribution in [3.8, 4) is 11.1 Å². The fourth-order valence-electron chi connectivity index (χ4n) is 4.17. The van der Waals surface area contributed by atoms with Gasteiger partial charge in [0, 0.05) is 23.5 Å². The third kappa shape index (κ3) is 3.24. The standard InChI is InChI=1S/C21H18ClFN6OS/c1-28-18(30)16-9-29(20-25-7-15(23)8-26-20)11-21(16,27-19(28)24)17-6-13(10-31-17)12-3-2-4-14(22)5-12/h2-8,10,16H,9,11H2,1H3,(H2,24,27)/t16-,21-/m0/s1. The van der Waals surface area contributed by atoms with Gasteiger partial charge in [-0.15, -0.1) is 11.3 Å². The van der Waals surface area contributed by atoms with Crippen molar-refractivity contribution < 1.29 is 9.18 Å². The number of benzene rings is 1. The number of rotatable bonds is 3. The third-order valence-corrected chi connectivity index (χ3v) is 7.10. The summed E-state index contributed by atoms with van der Waals surface area (Å²) in [7, 11) is 1.62. The molecule has 1 fully saturated rings. The van der Waals surface area contributed by atoms with Crippen molar-refractivity contribution in [2.24, 2.45) is 16.6 Å². The molecule has 0 bridgehead atoms. The predicted octanol–water partition coefficient (Wildman–Crippen LogP) is 3.12. The number of amides is 1. The number of nitrogens with zero attached hydrogens (tertiary/aromatic N) is 5. The average molecular weight is 457 g/mol. The molecule has 0 aliphatic carbocycles. The molecule has 7 nitrogen and oxygen atoms in total. The molecular formula is C21H18ClFN6OS. The Morgan fingerprint density at radius 3 is 2.77 bits per heavy atom. The first kappa shape index (κ1) is 19.9. The van der Waals surface area contributed by atoms with E-state index in [0.29, 0.717) is 24.1 Å². The number of halogens is 2. The Morgan fingerprint density at radius 1 is 1.26 bits per heavy atom. The van der Waals surface area contributed by atoms with Gasteiger partial charge in [0.25, 0.3) is 0 Å². The van der Waals surface area contributed by atoms with Gasteiger partial charge in [0.05, 0.1) is 24.9 Å². The van der Waals surface area contributed by atoms with Crippen LogP contribution in [0.3, 0.4) is 0 Å². The van der Waals surface area contributed by atoms with Crippen LogP contribution in [-0.2, 0) is 10.3 Å². The van der Waals surface area contributed by atoms with Gasteiger partial charge in [-0.25, -0.2) is 19.4 Å². The Hall–Kier alpha value is -3.04. The second kappa shape index (κ2) is 7.28. The van der Waals surface area contributed by atoms with Gasteiger partial charge in [-0.2, -0.15) is 0 Å². The summed E-state index contributed by atoms with van der Waals surface area (Å²) in [6.45, 7) is 0.717. The van der Waals surface area contributed by atoms with Crippen LogP contribution >= 0.6 is 22.9 Å². The molecule has 2 aliphatic rings. The van der Waals surface area contributed by atoms with E-state index in [-0.39, 0.29) is 11.9 Å². The van der Waals surface area contributed by atoms with Gasteiger partial charge in [0.1, 0.15) is 5.54 Å². The Kier molecular flexibility index (Phi) is 4.67. The van der Waals surface area contributed by atoms with Crippen molar-refractivity contribution in [1.82, 2.24) is 14.9 Å². The lowest BCUT2D eigenvalue weighted by molar-refractivity contribution is -0.132. The number of aromatic nitrogens is 2. The predicted molar refractivity (Wildman–Crippen MR) is 119 cm³/mol. The maximum atomic E-state index is 13.3. The van der Waals surface area contributed by atoms with Crippen LogP contribution in [0.5, 0.6) is 0 Å². The van der Waals surface area contributed by atoms with Crippen LogP contribution in [0.25, 0.3) is 11.1 Å². The summed E-state index contributed by atoms with van der Waals surface area (Å²) in [6, 6.07) is 9.64. The highest BCUT2D eigenvalue weighted by Crippen LogP contribution is 2.47. The number of hydrogen-bond acceptors (Lipinski definition) is 7. The molecular weight excluding hydrogens is 439 g/mol. The second-order valence-electron chi connectivity index (χ2n) is 7.64. The van der Waals surface area contributed by atoms with Crippen LogP contribution in [0.1, 0.15) is 4.88 Å². The number of carbonyl (C=O) groups is 1. The Labute approximate surface area is 187 Å². The summed E-state index contributed by atoms with van der Waals surface area (Å²) < 4.78 is 13.3. The van der Waals surface area contributed by atoms with E-state index in [1.165, 1.54) is 16.2 Å². The molecule has 10 heteroatoms. The van der Waals surface area contributed by atoms with Crippen molar-refractivity contribution >= 4 is 40.8 Å². The highest BCUT2D eigenvalue weighted by atomic mass is 35.5. The van der Waals surface area contributed by atoms with E-state index in [0.717, 1.165) is 28.4 Å². The van der Waals surface area contributed by atoms with Gasteiger partial charge in [-0.3, -0.25) is 9.69 Å². The summed E-state index contributed by atoms with van der Waals surface area (Å²) in [5.41, 5.74) is 7.24. The first-order valence-electron chi connectivity index (χ1n) is 9.58. The SMILES string of the molecule is CN1C(=O)[C@@H]2CN(c3ncc(F)cn3)C[C@]2(c2cc(-c3cccc(Cl)c3)cs2)N=C1N. The normalized spacial score (nSPS) is 23.1. The number of aliphatic imine (C=N–C) groups is 1. The van der Waals surface area contributed by atoms with Gasteiger partial charge in [-0.05, 0) is 34.7 Å². The van der Waals surface area contributed by atoms with Gasteiger partial charge >= 0.3 is 0 Å². The fourth-order valence-corrected chi connectivity index (χ4v) is 5.47. The zero-order valence-corrected chi connectivity index (χ0v) is 18.1. The summed E-state index contributed by atoms with van der Waals surface area (Å²) in [5.74, 6) is -0.580. The first-order chi connectivity index (χ1) is 14.9. The number of guanidine groups is 1. The van der Waals surface area contributed by atoms with E-state index in [1.807, 2.05) is 40.6 Å². The monoisotopic (exact) mass is 456 g/mol. The number of carbonyl (C=O) groups excluding carboxylic acids is 1. The lowest BCUT2D eigenvalue weighted by Crippen LogP contribution is -2.54. The van der Waals surface area contributed by atoms with Gasteiger partial charge in [-0.1, -0.05) is 23.7 Å². The summed E-state index contributed by atoms with van der Waals surface area (Å²) in [4.78, 5) is 30.3. The molecule has 0 spiro atoms. The van der Waals surface area contributed by atoms with Crippen molar-refractivity contribution in [1.29, 1.82) is 0 Å². The fraction of sp³-hybridized carbons (Fsp3) is 0.238.